The number of rotatable bonds is 5. The fourth-order valence-corrected chi connectivity index (χ4v) is 2.97. The number of methoxy groups -OCH3 is 1. The van der Waals surface area contributed by atoms with E-state index in [2.05, 4.69) is 5.32 Å². The summed E-state index contributed by atoms with van der Waals surface area (Å²) in [5, 5.41) is 13.1. The van der Waals surface area contributed by atoms with E-state index < -0.39 is 11.5 Å². The number of nitrogens with one attached hydrogen (secondary N) is 1. The number of aliphatic carboxylic acids is 1. The van der Waals surface area contributed by atoms with Gasteiger partial charge in [0.05, 0.1) is 7.11 Å². The Bertz CT molecular complexity index is 469. The molecule has 2 N–H and O–H groups in total. The van der Waals surface area contributed by atoms with Gasteiger partial charge >= 0.3 is 5.97 Å². The highest BCUT2D eigenvalue weighted by Gasteiger charge is 2.39. The third kappa shape index (κ3) is 2.96. The third-order valence-electron chi connectivity index (χ3n) is 4.17. The van der Waals surface area contributed by atoms with Crippen LogP contribution in [-0.4, -0.2) is 24.2 Å². The van der Waals surface area contributed by atoms with Crippen LogP contribution in [0.1, 0.15) is 44.6 Å². The molecule has 110 valence electrons. The zero-order valence-electron chi connectivity index (χ0n) is 12.2. The summed E-state index contributed by atoms with van der Waals surface area (Å²) in [4.78, 5) is 11.8. The molecule has 0 amide bonds. The minimum atomic E-state index is -1.12. The largest absolute Gasteiger partial charge is 0.496 e. The second-order valence-corrected chi connectivity index (χ2v) is 5.61. The van der Waals surface area contributed by atoms with Gasteiger partial charge in [-0.3, -0.25) is 5.32 Å². The molecular formula is C16H23NO3. The van der Waals surface area contributed by atoms with E-state index >= 15 is 0 Å². The Morgan fingerprint density at radius 3 is 2.55 bits per heavy atom. The molecule has 0 aliphatic heterocycles. The Labute approximate surface area is 120 Å². The van der Waals surface area contributed by atoms with Crippen molar-refractivity contribution in [1.82, 2.24) is 5.32 Å². The molecule has 0 saturated heterocycles. The standard InChI is InChI=1S/C16H23NO3/c1-16(15(18)19,17-12-8-4-3-5-9-12)13-10-6-7-11-14(13)20-2/h6-7,10-12,17H,3-5,8-9H2,1-2H3,(H,18,19). The number of para-hydroxylation sites is 1. The predicted molar refractivity (Wildman–Crippen MR) is 78.0 cm³/mol. The molecule has 4 heteroatoms. The van der Waals surface area contributed by atoms with Gasteiger partial charge in [-0.05, 0) is 25.8 Å². The molecule has 1 fully saturated rings. The van der Waals surface area contributed by atoms with Crippen molar-refractivity contribution < 1.29 is 14.6 Å². The highest BCUT2D eigenvalue weighted by Crippen LogP contribution is 2.32. The molecule has 4 nitrogen and oxygen atoms in total. The summed E-state index contributed by atoms with van der Waals surface area (Å²) in [5.41, 5.74) is -0.435. The fraction of sp³-hybridized carbons (Fsp3) is 0.562. The molecule has 0 bridgehead atoms. The van der Waals surface area contributed by atoms with Gasteiger partial charge in [0.15, 0.2) is 0 Å². The minimum absolute atomic E-state index is 0.259. The first-order valence-corrected chi connectivity index (χ1v) is 7.22. The van der Waals surface area contributed by atoms with Crippen molar-refractivity contribution in [2.45, 2.75) is 50.6 Å². The van der Waals surface area contributed by atoms with Gasteiger partial charge in [0, 0.05) is 11.6 Å². The normalized spacial score (nSPS) is 19.3. The van der Waals surface area contributed by atoms with E-state index in [1.54, 1.807) is 20.1 Å². The maximum atomic E-state index is 11.8. The molecule has 1 aromatic rings. The van der Waals surface area contributed by atoms with E-state index in [0.717, 1.165) is 12.8 Å². The molecule has 1 saturated carbocycles. The van der Waals surface area contributed by atoms with Crippen molar-refractivity contribution in [3.8, 4) is 5.75 Å². The zero-order valence-corrected chi connectivity index (χ0v) is 12.2. The number of carboxylic acids is 1. The summed E-state index contributed by atoms with van der Waals surface area (Å²) < 4.78 is 5.33. The maximum absolute atomic E-state index is 11.8. The molecule has 1 atom stereocenters. The van der Waals surface area contributed by atoms with Crippen molar-refractivity contribution in [2.24, 2.45) is 0 Å². The number of hydrogen-bond acceptors (Lipinski definition) is 3. The minimum Gasteiger partial charge on any atom is -0.496 e. The Balaban J connectivity index is 2.30. The topological polar surface area (TPSA) is 58.6 Å². The molecule has 0 spiro atoms. The van der Waals surface area contributed by atoms with Crippen LogP contribution in [0.3, 0.4) is 0 Å². The molecule has 1 unspecified atom stereocenters. The molecule has 0 aromatic heterocycles. The average molecular weight is 277 g/mol. The number of benzene rings is 1. The van der Waals surface area contributed by atoms with Crippen LogP contribution in [0.15, 0.2) is 24.3 Å². The van der Waals surface area contributed by atoms with E-state index in [1.165, 1.54) is 19.3 Å². The van der Waals surface area contributed by atoms with Crippen molar-refractivity contribution in [2.75, 3.05) is 7.11 Å². The predicted octanol–water partition coefficient (Wildman–Crippen LogP) is 2.92. The summed E-state index contributed by atoms with van der Waals surface area (Å²) in [5.74, 6) is -0.256. The second-order valence-electron chi connectivity index (χ2n) is 5.61. The second kappa shape index (κ2) is 6.27. The van der Waals surface area contributed by atoms with Crippen LogP contribution in [0.2, 0.25) is 0 Å². The van der Waals surface area contributed by atoms with Crippen LogP contribution < -0.4 is 10.1 Å². The van der Waals surface area contributed by atoms with Crippen LogP contribution >= 0.6 is 0 Å². The first-order chi connectivity index (χ1) is 9.58. The van der Waals surface area contributed by atoms with E-state index in [1.807, 2.05) is 18.2 Å². The van der Waals surface area contributed by atoms with Crippen LogP contribution in [0.25, 0.3) is 0 Å². The van der Waals surface area contributed by atoms with Crippen LogP contribution in [-0.2, 0) is 10.3 Å². The van der Waals surface area contributed by atoms with Crippen LogP contribution in [0.5, 0.6) is 5.75 Å². The summed E-state index contributed by atoms with van der Waals surface area (Å²) in [7, 11) is 1.57. The van der Waals surface area contributed by atoms with Crippen LogP contribution in [0, 0.1) is 0 Å². The number of hydrogen-bond donors (Lipinski definition) is 2. The molecule has 0 radical (unpaired) electrons. The molecular weight excluding hydrogens is 254 g/mol. The fourth-order valence-electron chi connectivity index (χ4n) is 2.97. The summed E-state index contributed by atoms with van der Waals surface area (Å²) in [6.07, 6.45) is 5.66. The summed E-state index contributed by atoms with van der Waals surface area (Å²) >= 11 is 0. The van der Waals surface area contributed by atoms with E-state index in [9.17, 15) is 9.90 Å². The van der Waals surface area contributed by atoms with Gasteiger partial charge < -0.3 is 9.84 Å². The molecule has 1 aromatic carbocycles. The van der Waals surface area contributed by atoms with Gasteiger partial charge in [-0.2, -0.15) is 0 Å². The quantitative estimate of drug-likeness (QED) is 0.869. The van der Waals surface area contributed by atoms with Crippen molar-refractivity contribution in [3.63, 3.8) is 0 Å². The van der Waals surface area contributed by atoms with Gasteiger partial charge in [0.25, 0.3) is 0 Å². The lowest BCUT2D eigenvalue weighted by molar-refractivity contribution is -0.145. The Hall–Kier alpha value is -1.55. The molecule has 0 heterocycles. The average Bonchev–Trinajstić information content (AvgIpc) is 2.48. The molecule has 1 aliphatic carbocycles. The first kappa shape index (κ1) is 14.9. The first-order valence-electron chi connectivity index (χ1n) is 7.22. The molecule has 20 heavy (non-hydrogen) atoms. The van der Waals surface area contributed by atoms with Crippen molar-refractivity contribution in [1.29, 1.82) is 0 Å². The number of ether oxygens (including phenoxy) is 1. The monoisotopic (exact) mass is 277 g/mol. The van der Waals surface area contributed by atoms with Gasteiger partial charge in [-0.25, -0.2) is 4.79 Å². The SMILES string of the molecule is COc1ccccc1C(C)(NC1CCCCC1)C(=O)O. The summed E-state index contributed by atoms with van der Waals surface area (Å²) in [6, 6.07) is 7.59. The lowest BCUT2D eigenvalue weighted by Crippen LogP contribution is -2.52. The van der Waals surface area contributed by atoms with Crippen molar-refractivity contribution in [3.05, 3.63) is 29.8 Å². The molecule has 2 rings (SSSR count). The number of carboxylic acid groups (broad SMARTS) is 1. The third-order valence-corrected chi connectivity index (χ3v) is 4.17. The van der Waals surface area contributed by atoms with E-state index in [0.29, 0.717) is 11.3 Å². The summed E-state index contributed by atoms with van der Waals surface area (Å²) in [6.45, 7) is 1.72. The Kier molecular flexibility index (Phi) is 4.65. The van der Waals surface area contributed by atoms with Gasteiger partial charge in [0.1, 0.15) is 11.3 Å². The lowest BCUT2D eigenvalue weighted by atomic mass is 9.87. The number of carbonyl (C=O) groups is 1. The zero-order chi connectivity index (χ0) is 14.6. The van der Waals surface area contributed by atoms with E-state index in [4.69, 9.17) is 4.74 Å². The van der Waals surface area contributed by atoms with Crippen molar-refractivity contribution >= 4 is 5.97 Å². The molecule has 1 aliphatic rings. The lowest BCUT2D eigenvalue weighted by Gasteiger charge is -2.34. The maximum Gasteiger partial charge on any atom is 0.328 e. The van der Waals surface area contributed by atoms with Gasteiger partial charge in [-0.1, -0.05) is 37.5 Å². The Morgan fingerprint density at radius 2 is 1.95 bits per heavy atom. The highest BCUT2D eigenvalue weighted by molar-refractivity contribution is 5.81. The smallest absolute Gasteiger partial charge is 0.328 e. The van der Waals surface area contributed by atoms with E-state index in [-0.39, 0.29) is 6.04 Å². The van der Waals surface area contributed by atoms with Gasteiger partial charge in [0.2, 0.25) is 0 Å². The van der Waals surface area contributed by atoms with Gasteiger partial charge in [-0.15, -0.1) is 0 Å². The highest BCUT2D eigenvalue weighted by atomic mass is 16.5. The Morgan fingerprint density at radius 1 is 1.30 bits per heavy atom. The van der Waals surface area contributed by atoms with Crippen LogP contribution in [0.4, 0.5) is 0 Å².